The van der Waals surface area contributed by atoms with Crippen molar-refractivity contribution in [3.05, 3.63) is 0 Å². The van der Waals surface area contributed by atoms with E-state index in [1.54, 1.807) is 6.92 Å². The Morgan fingerprint density at radius 3 is 2.05 bits per heavy atom. The molecule has 5 heteroatoms. The summed E-state index contributed by atoms with van der Waals surface area (Å²) in [5, 5.41) is 5.35. The average Bonchev–Trinajstić information content (AvgIpc) is 2.32. The maximum atomic E-state index is 12.0. The molecule has 2 atom stereocenters. The summed E-state index contributed by atoms with van der Waals surface area (Å²) in [5.41, 5.74) is 0. The van der Waals surface area contributed by atoms with Gasteiger partial charge in [-0.05, 0) is 26.2 Å². The highest BCUT2D eigenvalue weighted by atomic mass is 16.2. The van der Waals surface area contributed by atoms with E-state index in [1.165, 1.54) is 6.92 Å². The Balaban J connectivity index is 4.51. The number of rotatable bonds is 8. The van der Waals surface area contributed by atoms with E-state index in [1.807, 2.05) is 20.8 Å². The van der Waals surface area contributed by atoms with Crippen LogP contribution in [0, 0.1) is 5.92 Å². The first-order valence-corrected chi connectivity index (χ1v) is 6.89. The Labute approximate surface area is 115 Å². The second-order valence-corrected chi connectivity index (χ2v) is 5.23. The highest BCUT2D eigenvalue weighted by Gasteiger charge is 2.25. The molecule has 0 aromatic heterocycles. The average molecular weight is 270 g/mol. The molecule has 0 bridgehead atoms. The van der Waals surface area contributed by atoms with Gasteiger partial charge in [-0.2, -0.15) is 0 Å². The normalized spacial score (nSPS) is 13.8. The van der Waals surface area contributed by atoms with Gasteiger partial charge in [-0.25, -0.2) is 0 Å². The summed E-state index contributed by atoms with van der Waals surface area (Å²) >= 11 is 0. The molecule has 0 saturated carbocycles. The van der Waals surface area contributed by atoms with Crippen LogP contribution in [-0.4, -0.2) is 29.7 Å². The number of nitrogens with one attached hydrogen (secondary N) is 2. The zero-order valence-corrected chi connectivity index (χ0v) is 12.6. The third kappa shape index (κ3) is 6.94. The number of carbonyl (C=O) groups excluding carboxylic acids is 3. The Bertz CT molecular complexity index is 327. The van der Waals surface area contributed by atoms with E-state index in [0.717, 1.165) is 12.8 Å². The third-order valence-electron chi connectivity index (χ3n) is 2.99. The molecule has 0 aromatic rings. The molecule has 0 aliphatic rings. The first-order chi connectivity index (χ1) is 8.79. The van der Waals surface area contributed by atoms with Gasteiger partial charge in [-0.3, -0.25) is 14.4 Å². The van der Waals surface area contributed by atoms with Crippen LogP contribution in [0.25, 0.3) is 0 Å². The van der Waals surface area contributed by atoms with Gasteiger partial charge in [0.2, 0.25) is 11.8 Å². The summed E-state index contributed by atoms with van der Waals surface area (Å²) in [6.45, 7) is 8.80. The molecule has 2 amide bonds. The van der Waals surface area contributed by atoms with Crippen LogP contribution in [0.5, 0.6) is 0 Å². The summed E-state index contributed by atoms with van der Waals surface area (Å²) < 4.78 is 0. The molecule has 110 valence electrons. The molecule has 19 heavy (non-hydrogen) atoms. The van der Waals surface area contributed by atoms with E-state index in [-0.39, 0.29) is 23.5 Å². The molecule has 5 nitrogen and oxygen atoms in total. The molecule has 0 heterocycles. The SMILES string of the molecule is CCCCC(=O)N[C@H](C(=O)N[C@@H](C)C(C)=O)C(C)C. The number of hydrogen-bond donors (Lipinski definition) is 2. The molecule has 0 aliphatic heterocycles. The second kappa shape index (κ2) is 8.67. The van der Waals surface area contributed by atoms with E-state index < -0.39 is 12.1 Å². The van der Waals surface area contributed by atoms with E-state index in [4.69, 9.17) is 0 Å². The highest BCUT2D eigenvalue weighted by Crippen LogP contribution is 2.04. The number of hydrogen-bond acceptors (Lipinski definition) is 3. The van der Waals surface area contributed by atoms with Gasteiger partial charge in [0.1, 0.15) is 6.04 Å². The minimum absolute atomic E-state index is 0.0234. The smallest absolute Gasteiger partial charge is 0.243 e. The number of ketones is 1. The Morgan fingerprint density at radius 2 is 1.63 bits per heavy atom. The minimum atomic E-state index is -0.592. The van der Waals surface area contributed by atoms with Crippen molar-refractivity contribution in [2.45, 2.75) is 66.0 Å². The lowest BCUT2D eigenvalue weighted by Crippen LogP contribution is -2.52. The summed E-state index contributed by atoms with van der Waals surface area (Å²) in [6.07, 6.45) is 2.17. The molecule has 0 saturated heterocycles. The number of amides is 2. The lowest BCUT2D eigenvalue weighted by molar-refractivity contribution is -0.132. The molecule has 0 rings (SSSR count). The van der Waals surface area contributed by atoms with Crippen LogP contribution in [0.3, 0.4) is 0 Å². The van der Waals surface area contributed by atoms with E-state index in [0.29, 0.717) is 6.42 Å². The fourth-order valence-corrected chi connectivity index (χ4v) is 1.52. The molecule has 2 N–H and O–H groups in total. The fraction of sp³-hybridized carbons (Fsp3) is 0.786. The quantitative estimate of drug-likeness (QED) is 0.700. The molecule has 0 spiro atoms. The minimum Gasteiger partial charge on any atom is -0.345 e. The first-order valence-electron chi connectivity index (χ1n) is 6.89. The maximum Gasteiger partial charge on any atom is 0.243 e. The van der Waals surface area contributed by atoms with Crippen molar-refractivity contribution in [1.29, 1.82) is 0 Å². The second-order valence-electron chi connectivity index (χ2n) is 5.23. The number of Topliss-reactive ketones (excluding diaryl/α,β-unsaturated/α-hetero) is 1. The van der Waals surface area contributed by atoms with Gasteiger partial charge < -0.3 is 10.6 Å². The topological polar surface area (TPSA) is 75.3 Å². The largest absolute Gasteiger partial charge is 0.345 e. The molecular formula is C14H26N2O3. The van der Waals surface area contributed by atoms with Crippen molar-refractivity contribution in [3.8, 4) is 0 Å². The molecule has 0 aromatic carbocycles. The fourth-order valence-electron chi connectivity index (χ4n) is 1.52. The zero-order valence-electron chi connectivity index (χ0n) is 12.6. The Morgan fingerprint density at radius 1 is 1.05 bits per heavy atom. The predicted octanol–water partition coefficient (Wildman–Crippen LogP) is 1.41. The highest BCUT2D eigenvalue weighted by molar-refractivity contribution is 5.91. The van der Waals surface area contributed by atoms with Crippen LogP contribution in [0.15, 0.2) is 0 Å². The number of carbonyl (C=O) groups is 3. The van der Waals surface area contributed by atoms with Crippen LogP contribution < -0.4 is 10.6 Å². The van der Waals surface area contributed by atoms with Gasteiger partial charge in [-0.15, -0.1) is 0 Å². The van der Waals surface area contributed by atoms with Crippen molar-refractivity contribution in [3.63, 3.8) is 0 Å². The molecule has 0 aliphatic carbocycles. The monoisotopic (exact) mass is 270 g/mol. The third-order valence-corrected chi connectivity index (χ3v) is 2.99. The van der Waals surface area contributed by atoms with Gasteiger partial charge in [0.25, 0.3) is 0 Å². The van der Waals surface area contributed by atoms with Gasteiger partial charge in [-0.1, -0.05) is 27.2 Å². The van der Waals surface area contributed by atoms with E-state index >= 15 is 0 Å². The van der Waals surface area contributed by atoms with Crippen LogP contribution in [-0.2, 0) is 14.4 Å². The summed E-state index contributed by atoms with van der Waals surface area (Å²) in [5.74, 6) is -0.549. The Kier molecular flexibility index (Phi) is 8.03. The van der Waals surface area contributed by atoms with Crippen LogP contribution >= 0.6 is 0 Å². The molecule has 0 radical (unpaired) electrons. The van der Waals surface area contributed by atoms with E-state index in [2.05, 4.69) is 10.6 Å². The summed E-state index contributed by atoms with van der Waals surface area (Å²) in [4.78, 5) is 34.8. The standard InChI is InChI=1S/C14H26N2O3/c1-6-7-8-12(18)16-13(9(2)3)14(19)15-10(4)11(5)17/h9-10,13H,6-8H2,1-5H3,(H,15,19)(H,16,18)/t10-,13-/m0/s1. The lowest BCUT2D eigenvalue weighted by Gasteiger charge is -2.23. The summed E-state index contributed by atoms with van der Waals surface area (Å²) in [6, 6.07) is -1.12. The van der Waals surface area contributed by atoms with Crippen LogP contribution in [0.1, 0.15) is 53.9 Å². The van der Waals surface area contributed by atoms with Crippen molar-refractivity contribution in [2.24, 2.45) is 5.92 Å². The van der Waals surface area contributed by atoms with E-state index in [9.17, 15) is 14.4 Å². The van der Waals surface area contributed by atoms with Crippen molar-refractivity contribution < 1.29 is 14.4 Å². The molecule has 0 fully saturated rings. The first kappa shape index (κ1) is 17.6. The maximum absolute atomic E-state index is 12.0. The molecular weight excluding hydrogens is 244 g/mol. The van der Waals surface area contributed by atoms with Crippen molar-refractivity contribution >= 4 is 17.6 Å². The van der Waals surface area contributed by atoms with Crippen molar-refractivity contribution in [2.75, 3.05) is 0 Å². The van der Waals surface area contributed by atoms with Gasteiger partial charge in [0, 0.05) is 6.42 Å². The molecule has 0 unspecified atom stereocenters. The lowest BCUT2D eigenvalue weighted by atomic mass is 10.0. The van der Waals surface area contributed by atoms with Gasteiger partial charge >= 0.3 is 0 Å². The van der Waals surface area contributed by atoms with Crippen LogP contribution in [0.2, 0.25) is 0 Å². The van der Waals surface area contributed by atoms with Gasteiger partial charge in [0.05, 0.1) is 6.04 Å². The predicted molar refractivity (Wildman–Crippen MR) is 74.6 cm³/mol. The van der Waals surface area contributed by atoms with Gasteiger partial charge in [0.15, 0.2) is 5.78 Å². The van der Waals surface area contributed by atoms with Crippen LogP contribution in [0.4, 0.5) is 0 Å². The zero-order chi connectivity index (χ0) is 15.0. The Hall–Kier alpha value is -1.39. The van der Waals surface area contributed by atoms with Crippen molar-refractivity contribution in [1.82, 2.24) is 10.6 Å². The number of unbranched alkanes of at least 4 members (excludes halogenated alkanes) is 1. The summed E-state index contributed by atoms with van der Waals surface area (Å²) in [7, 11) is 0.